The maximum absolute atomic E-state index is 13.2. The summed E-state index contributed by atoms with van der Waals surface area (Å²) in [6.45, 7) is 3.63. The highest BCUT2D eigenvalue weighted by atomic mass is 16.2. The molecule has 0 unspecified atom stereocenters. The SMILES string of the molecule is CCNC(=O)C1(Cc2cccc(-c3cccnc3)c2)CCN(C(=O)c2cccnc2)CC1. The largest absolute Gasteiger partial charge is 0.356 e. The van der Waals surface area contributed by atoms with Crippen LogP contribution in [-0.2, 0) is 11.2 Å². The van der Waals surface area contributed by atoms with Crippen LogP contribution in [-0.4, -0.2) is 46.3 Å². The number of nitrogens with one attached hydrogen (secondary N) is 1. The lowest BCUT2D eigenvalue weighted by Gasteiger charge is -2.41. The van der Waals surface area contributed by atoms with Crippen LogP contribution in [0, 0.1) is 5.41 Å². The minimum absolute atomic E-state index is 0.0267. The van der Waals surface area contributed by atoms with Crippen molar-refractivity contribution in [2.45, 2.75) is 26.2 Å². The Balaban J connectivity index is 1.54. The van der Waals surface area contributed by atoms with Crippen LogP contribution in [0.25, 0.3) is 11.1 Å². The van der Waals surface area contributed by atoms with Gasteiger partial charge < -0.3 is 10.2 Å². The van der Waals surface area contributed by atoms with Gasteiger partial charge in [-0.2, -0.15) is 0 Å². The van der Waals surface area contributed by atoms with Crippen LogP contribution in [0.1, 0.15) is 35.7 Å². The van der Waals surface area contributed by atoms with Gasteiger partial charge in [-0.1, -0.05) is 30.3 Å². The summed E-state index contributed by atoms with van der Waals surface area (Å²) in [4.78, 5) is 36.1. The summed E-state index contributed by atoms with van der Waals surface area (Å²) in [6, 6.07) is 15.8. The number of carbonyl (C=O) groups is 2. The van der Waals surface area contributed by atoms with Crippen molar-refractivity contribution in [2.24, 2.45) is 5.41 Å². The predicted molar refractivity (Wildman–Crippen MR) is 124 cm³/mol. The number of piperidine rings is 1. The van der Waals surface area contributed by atoms with Crippen LogP contribution in [0.3, 0.4) is 0 Å². The second-order valence-electron chi connectivity index (χ2n) is 8.29. The van der Waals surface area contributed by atoms with E-state index in [2.05, 4.69) is 33.5 Å². The van der Waals surface area contributed by atoms with Crippen LogP contribution >= 0.6 is 0 Å². The summed E-state index contributed by atoms with van der Waals surface area (Å²) >= 11 is 0. The van der Waals surface area contributed by atoms with Gasteiger partial charge in [0.15, 0.2) is 0 Å². The Morgan fingerprint density at radius 2 is 1.69 bits per heavy atom. The second-order valence-corrected chi connectivity index (χ2v) is 8.29. The predicted octanol–water partition coefficient (Wildman–Crippen LogP) is 3.74. The van der Waals surface area contributed by atoms with Crippen molar-refractivity contribution in [1.29, 1.82) is 0 Å². The van der Waals surface area contributed by atoms with E-state index >= 15 is 0 Å². The molecule has 1 N–H and O–H groups in total. The van der Waals surface area contributed by atoms with Crippen molar-refractivity contribution in [2.75, 3.05) is 19.6 Å². The zero-order valence-electron chi connectivity index (χ0n) is 18.3. The highest BCUT2D eigenvalue weighted by Gasteiger charge is 2.42. The molecule has 3 aromatic rings. The molecule has 2 amide bonds. The number of benzene rings is 1. The number of likely N-dealkylation sites (tertiary alicyclic amines) is 1. The summed E-state index contributed by atoms with van der Waals surface area (Å²) in [7, 11) is 0. The lowest BCUT2D eigenvalue weighted by atomic mass is 9.72. The summed E-state index contributed by atoms with van der Waals surface area (Å²) < 4.78 is 0. The van der Waals surface area contributed by atoms with Gasteiger partial charge >= 0.3 is 0 Å². The van der Waals surface area contributed by atoms with Gasteiger partial charge in [-0.25, -0.2) is 0 Å². The molecule has 0 bridgehead atoms. The van der Waals surface area contributed by atoms with Gasteiger partial charge in [0.05, 0.1) is 11.0 Å². The first kappa shape index (κ1) is 21.7. The molecule has 6 nitrogen and oxygen atoms in total. The van der Waals surface area contributed by atoms with Gasteiger partial charge in [-0.3, -0.25) is 19.6 Å². The van der Waals surface area contributed by atoms with Crippen LogP contribution < -0.4 is 5.32 Å². The molecular weight excluding hydrogens is 400 g/mol. The summed E-state index contributed by atoms with van der Waals surface area (Å²) in [5.41, 5.74) is 3.31. The molecule has 2 aromatic heterocycles. The fourth-order valence-electron chi connectivity index (χ4n) is 4.43. The number of nitrogens with zero attached hydrogens (tertiary/aromatic N) is 3. The molecule has 1 aliphatic rings. The van der Waals surface area contributed by atoms with Crippen LogP contribution in [0.15, 0.2) is 73.3 Å². The van der Waals surface area contributed by atoms with Crippen molar-refractivity contribution in [3.8, 4) is 11.1 Å². The fourth-order valence-corrected chi connectivity index (χ4v) is 4.43. The molecule has 1 aliphatic heterocycles. The maximum atomic E-state index is 13.2. The average Bonchev–Trinajstić information content (AvgIpc) is 2.85. The third kappa shape index (κ3) is 4.69. The van der Waals surface area contributed by atoms with Gasteiger partial charge in [0, 0.05) is 44.4 Å². The Kier molecular flexibility index (Phi) is 6.59. The molecule has 0 atom stereocenters. The molecular formula is C26H28N4O2. The van der Waals surface area contributed by atoms with E-state index in [0.29, 0.717) is 44.5 Å². The normalized spacial score (nSPS) is 15.2. The first-order chi connectivity index (χ1) is 15.6. The molecule has 4 rings (SSSR count). The van der Waals surface area contributed by atoms with Crippen LogP contribution in [0.4, 0.5) is 0 Å². The Bertz CT molecular complexity index is 1060. The molecule has 6 heteroatoms. The minimum atomic E-state index is -0.532. The molecule has 164 valence electrons. The van der Waals surface area contributed by atoms with Gasteiger partial charge in [0.25, 0.3) is 5.91 Å². The van der Waals surface area contributed by atoms with Crippen molar-refractivity contribution in [1.82, 2.24) is 20.2 Å². The summed E-state index contributed by atoms with van der Waals surface area (Å²) in [5.74, 6) is 0.0430. The quantitative estimate of drug-likeness (QED) is 0.649. The number of amides is 2. The fraction of sp³-hybridized carbons (Fsp3) is 0.308. The molecule has 1 fully saturated rings. The standard InChI is InChI=1S/C26H28N4O2/c1-2-29-25(32)26(10-14-30(15-11-26)24(31)23-9-5-13-28-19-23)17-20-6-3-7-21(16-20)22-8-4-12-27-18-22/h3-9,12-13,16,18-19H,2,10-11,14-15,17H2,1H3,(H,29,32). The van der Waals surface area contributed by atoms with E-state index in [1.165, 1.54) is 0 Å². The van der Waals surface area contributed by atoms with E-state index < -0.39 is 5.41 Å². The number of aromatic nitrogens is 2. The highest BCUT2D eigenvalue weighted by molar-refractivity contribution is 5.94. The first-order valence-electron chi connectivity index (χ1n) is 11.1. The van der Waals surface area contributed by atoms with E-state index in [1.807, 2.05) is 36.2 Å². The third-order valence-electron chi connectivity index (χ3n) is 6.20. The number of hydrogen-bond donors (Lipinski definition) is 1. The average molecular weight is 429 g/mol. The number of carbonyl (C=O) groups excluding carboxylic acids is 2. The molecule has 0 aliphatic carbocycles. The lowest BCUT2D eigenvalue weighted by Crippen LogP contribution is -2.51. The summed E-state index contributed by atoms with van der Waals surface area (Å²) in [5, 5.41) is 3.04. The van der Waals surface area contributed by atoms with E-state index in [-0.39, 0.29) is 11.8 Å². The van der Waals surface area contributed by atoms with Crippen LogP contribution in [0.5, 0.6) is 0 Å². The second kappa shape index (κ2) is 9.73. The van der Waals surface area contributed by atoms with E-state index in [4.69, 9.17) is 0 Å². The zero-order chi connectivity index (χ0) is 22.4. The number of rotatable bonds is 6. The van der Waals surface area contributed by atoms with Gasteiger partial charge in [0.2, 0.25) is 5.91 Å². The summed E-state index contributed by atoms with van der Waals surface area (Å²) in [6.07, 6.45) is 8.76. The van der Waals surface area contributed by atoms with E-state index in [1.54, 1.807) is 30.7 Å². The zero-order valence-corrected chi connectivity index (χ0v) is 18.3. The van der Waals surface area contributed by atoms with Crippen molar-refractivity contribution in [3.05, 3.63) is 84.4 Å². The maximum Gasteiger partial charge on any atom is 0.255 e. The van der Waals surface area contributed by atoms with Crippen molar-refractivity contribution < 1.29 is 9.59 Å². The Morgan fingerprint density at radius 3 is 2.34 bits per heavy atom. The topological polar surface area (TPSA) is 75.2 Å². The highest BCUT2D eigenvalue weighted by Crippen LogP contribution is 2.37. The molecule has 32 heavy (non-hydrogen) atoms. The molecule has 1 aromatic carbocycles. The molecule has 0 radical (unpaired) electrons. The monoisotopic (exact) mass is 428 g/mol. The van der Waals surface area contributed by atoms with Crippen molar-refractivity contribution >= 4 is 11.8 Å². The Hall–Kier alpha value is -3.54. The lowest BCUT2D eigenvalue weighted by molar-refractivity contribution is -0.133. The molecule has 0 saturated carbocycles. The number of hydrogen-bond acceptors (Lipinski definition) is 4. The molecule has 3 heterocycles. The van der Waals surface area contributed by atoms with Gasteiger partial charge in [0.1, 0.15) is 0 Å². The number of pyridine rings is 2. The van der Waals surface area contributed by atoms with Gasteiger partial charge in [-0.15, -0.1) is 0 Å². The first-order valence-corrected chi connectivity index (χ1v) is 11.1. The Morgan fingerprint density at radius 1 is 0.969 bits per heavy atom. The molecule has 0 spiro atoms. The smallest absolute Gasteiger partial charge is 0.255 e. The molecule has 1 saturated heterocycles. The van der Waals surface area contributed by atoms with Crippen molar-refractivity contribution in [3.63, 3.8) is 0 Å². The minimum Gasteiger partial charge on any atom is -0.356 e. The van der Waals surface area contributed by atoms with Crippen LogP contribution in [0.2, 0.25) is 0 Å². The Labute approximate surface area is 188 Å². The van der Waals surface area contributed by atoms with Gasteiger partial charge in [-0.05, 0) is 61.1 Å². The van der Waals surface area contributed by atoms with E-state index in [9.17, 15) is 9.59 Å². The van der Waals surface area contributed by atoms with E-state index in [0.717, 1.165) is 16.7 Å². The third-order valence-corrected chi connectivity index (χ3v) is 6.20.